The molecule has 0 heterocycles. The zero-order valence-electron chi connectivity index (χ0n) is 10.8. The fraction of sp³-hybridized carbons (Fsp3) is 0.182. The Bertz CT molecular complexity index is 632. The maximum absolute atomic E-state index is 10.8. The SMILES string of the molecule is COc1cc(N/N=C(\C#N)C(=N)N)c(C)cc1[N+](=O)[O-]. The monoisotopic (exact) mass is 276 g/mol. The molecule has 0 unspecified atom stereocenters. The first-order chi connectivity index (χ1) is 9.40. The van der Waals surface area contributed by atoms with Gasteiger partial charge in [0.2, 0.25) is 5.71 Å². The Balaban J connectivity index is 3.18. The number of hydrogen-bond donors (Lipinski definition) is 3. The second-order valence-electron chi connectivity index (χ2n) is 3.69. The Labute approximate surface area is 114 Å². The van der Waals surface area contributed by atoms with E-state index in [1.807, 2.05) is 0 Å². The van der Waals surface area contributed by atoms with Crippen molar-refractivity contribution in [3.8, 4) is 11.8 Å². The molecule has 104 valence electrons. The van der Waals surface area contributed by atoms with E-state index in [2.05, 4.69) is 10.5 Å². The highest BCUT2D eigenvalue weighted by atomic mass is 16.6. The Morgan fingerprint density at radius 3 is 2.75 bits per heavy atom. The Kier molecular flexibility index (Phi) is 4.58. The molecule has 0 amide bonds. The molecule has 1 aromatic rings. The van der Waals surface area contributed by atoms with Crippen molar-refractivity contribution >= 4 is 22.9 Å². The predicted molar refractivity (Wildman–Crippen MR) is 73.0 cm³/mol. The van der Waals surface area contributed by atoms with Crippen LogP contribution in [0.15, 0.2) is 17.2 Å². The molecule has 0 saturated heterocycles. The Morgan fingerprint density at radius 1 is 1.65 bits per heavy atom. The average molecular weight is 276 g/mol. The number of ether oxygens (including phenoxy) is 1. The minimum Gasteiger partial charge on any atom is -0.490 e. The van der Waals surface area contributed by atoms with Crippen LogP contribution in [0.4, 0.5) is 11.4 Å². The van der Waals surface area contributed by atoms with Crippen LogP contribution in [-0.2, 0) is 0 Å². The van der Waals surface area contributed by atoms with E-state index in [4.69, 9.17) is 21.1 Å². The maximum Gasteiger partial charge on any atom is 0.311 e. The van der Waals surface area contributed by atoms with Crippen LogP contribution in [0, 0.1) is 33.8 Å². The molecule has 0 aromatic heterocycles. The Morgan fingerprint density at radius 2 is 2.30 bits per heavy atom. The van der Waals surface area contributed by atoms with Gasteiger partial charge in [0.1, 0.15) is 6.07 Å². The van der Waals surface area contributed by atoms with E-state index >= 15 is 0 Å². The summed E-state index contributed by atoms with van der Waals surface area (Å²) in [6, 6.07) is 4.34. The standard InChI is InChI=1S/C11H12N6O3/c1-6-3-9(17(18)19)10(20-2)4-7(6)15-16-8(5-12)11(13)14/h3-4,15H,1-2H3,(H3,13,14)/b16-8+. The molecule has 0 fully saturated rings. The molecule has 0 aliphatic carbocycles. The van der Waals surface area contributed by atoms with E-state index in [0.717, 1.165) is 0 Å². The lowest BCUT2D eigenvalue weighted by molar-refractivity contribution is -0.385. The zero-order valence-corrected chi connectivity index (χ0v) is 10.8. The van der Waals surface area contributed by atoms with E-state index in [-0.39, 0.29) is 17.1 Å². The van der Waals surface area contributed by atoms with Gasteiger partial charge < -0.3 is 10.5 Å². The van der Waals surface area contributed by atoms with Crippen molar-refractivity contribution in [2.75, 3.05) is 12.5 Å². The number of methoxy groups -OCH3 is 1. The fourth-order valence-electron chi connectivity index (χ4n) is 1.36. The number of nitrogens with one attached hydrogen (secondary N) is 2. The van der Waals surface area contributed by atoms with Gasteiger partial charge in [0, 0.05) is 12.1 Å². The molecule has 1 aromatic carbocycles. The molecule has 0 saturated carbocycles. The molecule has 0 atom stereocenters. The summed E-state index contributed by atoms with van der Waals surface area (Å²) in [6.45, 7) is 1.63. The van der Waals surface area contributed by atoms with Crippen molar-refractivity contribution in [3.05, 3.63) is 27.8 Å². The number of nitro benzene ring substituents is 1. The van der Waals surface area contributed by atoms with Crippen molar-refractivity contribution in [1.29, 1.82) is 10.7 Å². The first-order valence-corrected chi connectivity index (χ1v) is 5.32. The van der Waals surface area contributed by atoms with E-state index in [9.17, 15) is 10.1 Å². The second-order valence-corrected chi connectivity index (χ2v) is 3.69. The van der Waals surface area contributed by atoms with Crippen LogP contribution in [0.1, 0.15) is 5.56 Å². The second kappa shape index (κ2) is 6.14. The molecule has 1 rings (SSSR count). The van der Waals surface area contributed by atoms with E-state index in [1.54, 1.807) is 13.0 Å². The summed E-state index contributed by atoms with van der Waals surface area (Å²) in [5.41, 5.74) is 8.14. The highest BCUT2D eigenvalue weighted by molar-refractivity contribution is 6.45. The molecular formula is C11H12N6O3. The number of nitrogens with zero attached hydrogens (tertiary/aromatic N) is 3. The average Bonchev–Trinajstić information content (AvgIpc) is 2.39. The van der Waals surface area contributed by atoms with Gasteiger partial charge in [-0.05, 0) is 12.5 Å². The molecule has 20 heavy (non-hydrogen) atoms. The van der Waals surface area contributed by atoms with Crippen LogP contribution in [0.2, 0.25) is 0 Å². The lowest BCUT2D eigenvalue weighted by Crippen LogP contribution is -2.22. The third-order valence-corrected chi connectivity index (χ3v) is 2.37. The van der Waals surface area contributed by atoms with E-state index in [1.165, 1.54) is 19.2 Å². The summed E-state index contributed by atoms with van der Waals surface area (Å²) < 4.78 is 4.92. The molecule has 0 radical (unpaired) electrons. The molecule has 4 N–H and O–H groups in total. The number of nitriles is 1. The van der Waals surface area contributed by atoms with Crippen molar-refractivity contribution < 1.29 is 9.66 Å². The van der Waals surface area contributed by atoms with Crippen LogP contribution in [0.25, 0.3) is 0 Å². The summed E-state index contributed by atoms with van der Waals surface area (Å²) in [7, 11) is 1.31. The lowest BCUT2D eigenvalue weighted by atomic mass is 10.1. The molecule has 9 nitrogen and oxygen atoms in total. The number of anilines is 1. The van der Waals surface area contributed by atoms with Crippen LogP contribution >= 0.6 is 0 Å². The zero-order chi connectivity index (χ0) is 15.3. The first kappa shape index (κ1) is 14.9. The number of rotatable bonds is 5. The highest BCUT2D eigenvalue weighted by Gasteiger charge is 2.17. The summed E-state index contributed by atoms with van der Waals surface area (Å²) >= 11 is 0. The topological polar surface area (TPSA) is 150 Å². The van der Waals surface area contributed by atoms with Crippen LogP contribution in [0.5, 0.6) is 5.75 Å². The number of hydrogen-bond acceptors (Lipinski definition) is 7. The minimum absolute atomic E-state index is 0.0552. The number of nitro groups is 1. The number of hydrazone groups is 1. The van der Waals surface area contributed by atoms with Gasteiger partial charge in [0.25, 0.3) is 0 Å². The van der Waals surface area contributed by atoms with Gasteiger partial charge in [-0.25, -0.2) is 0 Å². The largest absolute Gasteiger partial charge is 0.490 e. The molecule has 9 heteroatoms. The van der Waals surface area contributed by atoms with Gasteiger partial charge >= 0.3 is 5.69 Å². The number of amidine groups is 1. The first-order valence-electron chi connectivity index (χ1n) is 5.32. The minimum atomic E-state index is -0.560. The molecule has 0 aliphatic rings. The lowest BCUT2D eigenvalue weighted by Gasteiger charge is -2.08. The van der Waals surface area contributed by atoms with Gasteiger partial charge in [-0.3, -0.25) is 20.9 Å². The summed E-state index contributed by atoms with van der Waals surface area (Å²) in [4.78, 5) is 10.3. The normalized spacial score (nSPS) is 10.6. The van der Waals surface area contributed by atoms with Crippen LogP contribution < -0.4 is 15.9 Å². The van der Waals surface area contributed by atoms with Crippen molar-refractivity contribution in [2.24, 2.45) is 10.8 Å². The third kappa shape index (κ3) is 3.20. The van der Waals surface area contributed by atoms with Gasteiger partial charge in [-0.15, -0.1) is 0 Å². The maximum atomic E-state index is 10.8. The molecule has 0 aliphatic heterocycles. The number of nitrogens with two attached hydrogens (primary N) is 1. The van der Waals surface area contributed by atoms with Crippen LogP contribution in [0.3, 0.4) is 0 Å². The van der Waals surface area contributed by atoms with Crippen LogP contribution in [-0.4, -0.2) is 23.6 Å². The van der Waals surface area contributed by atoms with Gasteiger partial charge in [-0.1, -0.05) is 0 Å². The van der Waals surface area contributed by atoms with Crippen molar-refractivity contribution in [1.82, 2.24) is 0 Å². The smallest absolute Gasteiger partial charge is 0.311 e. The number of benzene rings is 1. The van der Waals surface area contributed by atoms with Crippen molar-refractivity contribution in [3.63, 3.8) is 0 Å². The van der Waals surface area contributed by atoms with E-state index in [0.29, 0.717) is 11.3 Å². The number of aryl methyl sites for hydroxylation is 1. The highest BCUT2D eigenvalue weighted by Crippen LogP contribution is 2.32. The summed E-state index contributed by atoms with van der Waals surface area (Å²) in [5.74, 6) is -0.425. The molecular weight excluding hydrogens is 264 g/mol. The van der Waals surface area contributed by atoms with E-state index < -0.39 is 10.8 Å². The third-order valence-electron chi connectivity index (χ3n) is 2.37. The molecule has 0 bridgehead atoms. The van der Waals surface area contributed by atoms with Gasteiger partial charge in [0.15, 0.2) is 11.6 Å². The fourth-order valence-corrected chi connectivity index (χ4v) is 1.36. The Hall–Kier alpha value is -3.15. The molecule has 0 spiro atoms. The van der Waals surface area contributed by atoms with Crippen molar-refractivity contribution in [2.45, 2.75) is 6.92 Å². The van der Waals surface area contributed by atoms with Gasteiger partial charge in [-0.2, -0.15) is 10.4 Å². The predicted octanol–water partition coefficient (Wildman–Crippen LogP) is 1.14. The van der Waals surface area contributed by atoms with Gasteiger partial charge in [0.05, 0.1) is 17.7 Å². The summed E-state index contributed by atoms with van der Waals surface area (Å²) in [5, 5.41) is 30.3. The quantitative estimate of drug-likeness (QED) is 0.317. The summed E-state index contributed by atoms with van der Waals surface area (Å²) in [6.07, 6.45) is 0.